The summed E-state index contributed by atoms with van der Waals surface area (Å²) in [6.07, 6.45) is 61.4. The molecule has 8 nitrogen and oxygen atoms in total. The summed E-state index contributed by atoms with van der Waals surface area (Å²) in [5.74, 6) is -0.308. The summed E-state index contributed by atoms with van der Waals surface area (Å²) in [6, 6.07) is 0. The van der Waals surface area contributed by atoms with Crippen molar-refractivity contribution in [3.63, 3.8) is 0 Å². The smallest absolute Gasteiger partial charge is 0.457 e. The molecule has 0 saturated carbocycles. The number of ether oxygens (including phenoxy) is 2. The Morgan fingerprint density at radius 1 is 0.448 bits per heavy atom. The molecule has 0 spiro atoms. The van der Waals surface area contributed by atoms with Gasteiger partial charge >= 0.3 is 13.8 Å². The van der Waals surface area contributed by atoms with E-state index in [0.29, 0.717) is 24.1 Å². The number of hydrogen-bond donors (Lipinski definition) is 1. The molecule has 0 aromatic carbocycles. The minimum Gasteiger partial charge on any atom is -0.457 e. The summed E-state index contributed by atoms with van der Waals surface area (Å²) in [5, 5.41) is 0. The Balaban J connectivity index is 4.02. The molecule has 0 heterocycles. The van der Waals surface area contributed by atoms with Crippen molar-refractivity contribution < 1.29 is 37.3 Å². The second-order valence-corrected chi connectivity index (χ2v) is 22.8. The number of quaternary nitrogens is 1. The van der Waals surface area contributed by atoms with E-state index < -0.39 is 13.9 Å². The highest BCUT2D eigenvalue weighted by Gasteiger charge is 2.26. The molecular weight excluding hydrogens is 854 g/mol. The molecule has 0 aliphatic heterocycles. The number of esters is 1. The third-order valence-corrected chi connectivity index (χ3v) is 14.3. The number of likely N-dealkylation sites (N-methyl/N-ethyl adjacent to an activating group) is 1. The molecule has 0 rings (SSSR count). The van der Waals surface area contributed by atoms with Crippen LogP contribution in [0.15, 0.2) is 12.2 Å². The van der Waals surface area contributed by atoms with E-state index in [4.69, 9.17) is 18.5 Å². The average Bonchev–Trinajstić information content (AvgIpc) is 3.29. The van der Waals surface area contributed by atoms with Crippen LogP contribution >= 0.6 is 7.82 Å². The van der Waals surface area contributed by atoms with Gasteiger partial charge in [0.1, 0.15) is 19.3 Å². The Kier molecular flexibility index (Phi) is 51.0. The van der Waals surface area contributed by atoms with Crippen LogP contribution in [0.2, 0.25) is 0 Å². The Bertz CT molecular complexity index is 1080. The fourth-order valence-corrected chi connectivity index (χ4v) is 9.53. The SMILES string of the molecule is CCCCCCCCCC/C=C\CCCCCCCCCCCC(=O)OC(COCCCCCCCCCCCCCCCCCCCCCCCCCC)COP(=O)(O)OCC[N+](C)(C)C. The van der Waals surface area contributed by atoms with Crippen molar-refractivity contribution in [3.05, 3.63) is 12.2 Å². The van der Waals surface area contributed by atoms with Gasteiger partial charge in [-0.25, -0.2) is 4.57 Å². The van der Waals surface area contributed by atoms with E-state index in [-0.39, 0.29) is 25.8 Å². The third kappa shape index (κ3) is 56.0. The number of phosphoric acid groups is 1. The van der Waals surface area contributed by atoms with Crippen molar-refractivity contribution in [2.24, 2.45) is 0 Å². The molecule has 0 aromatic heterocycles. The molecule has 1 N–H and O–H groups in total. The van der Waals surface area contributed by atoms with E-state index in [1.54, 1.807) is 0 Å². The third-order valence-electron chi connectivity index (χ3n) is 13.3. The van der Waals surface area contributed by atoms with Gasteiger partial charge in [-0.15, -0.1) is 0 Å². The van der Waals surface area contributed by atoms with Gasteiger partial charge in [-0.1, -0.05) is 264 Å². The van der Waals surface area contributed by atoms with Crippen molar-refractivity contribution in [3.8, 4) is 0 Å². The molecule has 400 valence electrons. The van der Waals surface area contributed by atoms with Gasteiger partial charge in [0.25, 0.3) is 0 Å². The number of allylic oxidation sites excluding steroid dienone is 2. The molecule has 67 heavy (non-hydrogen) atoms. The lowest BCUT2D eigenvalue weighted by Crippen LogP contribution is -2.37. The fourth-order valence-electron chi connectivity index (χ4n) is 8.79. The van der Waals surface area contributed by atoms with E-state index in [2.05, 4.69) is 26.0 Å². The van der Waals surface area contributed by atoms with Gasteiger partial charge in [0.2, 0.25) is 0 Å². The highest BCUT2D eigenvalue weighted by Crippen LogP contribution is 2.43. The molecule has 2 atom stereocenters. The second-order valence-electron chi connectivity index (χ2n) is 21.4. The van der Waals surface area contributed by atoms with Crippen LogP contribution in [-0.2, 0) is 27.9 Å². The first-order valence-corrected chi connectivity index (χ1v) is 30.9. The van der Waals surface area contributed by atoms with E-state index in [1.807, 2.05) is 21.1 Å². The summed E-state index contributed by atoms with van der Waals surface area (Å²) in [5.41, 5.74) is 0. The Labute approximate surface area is 418 Å². The van der Waals surface area contributed by atoms with Crippen LogP contribution < -0.4 is 0 Å². The predicted molar refractivity (Wildman–Crippen MR) is 289 cm³/mol. The minimum atomic E-state index is -4.28. The molecule has 0 bridgehead atoms. The predicted octanol–water partition coefficient (Wildman–Crippen LogP) is 18.5. The molecule has 0 fully saturated rings. The summed E-state index contributed by atoms with van der Waals surface area (Å²) < 4.78 is 35.3. The lowest BCUT2D eigenvalue weighted by atomic mass is 10.0. The molecule has 0 aliphatic rings. The lowest BCUT2D eigenvalue weighted by Gasteiger charge is -2.24. The first-order valence-electron chi connectivity index (χ1n) is 29.4. The second kappa shape index (κ2) is 51.6. The van der Waals surface area contributed by atoms with Gasteiger partial charge in [-0.3, -0.25) is 13.8 Å². The number of hydrogen-bond acceptors (Lipinski definition) is 6. The van der Waals surface area contributed by atoms with Crippen LogP contribution in [0.25, 0.3) is 0 Å². The normalized spacial score (nSPS) is 13.5. The number of phosphoric ester groups is 1. The minimum absolute atomic E-state index is 0.0921. The zero-order valence-electron chi connectivity index (χ0n) is 45.7. The molecule has 9 heteroatoms. The number of carbonyl (C=O) groups excluding carboxylic acids is 1. The Hall–Kier alpha value is -0.760. The maximum absolute atomic E-state index is 12.8. The molecule has 0 amide bonds. The standard InChI is InChI=1S/C58H116NO7P/c1-6-8-10-12-14-16-18-20-22-24-26-28-29-30-32-34-36-38-40-42-44-46-48-50-53-63-55-57(56-65-67(61,62)64-54-52-59(3,4)5)66-58(60)51-49-47-45-43-41-39-37-35-33-31-27-25-23-21-19-17-15-13-11-9-7-2/h25,27,57H,6-24,26,28-56H2,1-5H3/p+1/b27-25-. The van der Waals surface area contributed by atoms with E-state index >= 15 is 0 Å². The first-order chi connectivity index (χ1) is 32.6. The zero-order chi connectivity index (χ0) is 49.0. The number of unbranched alkanes of at least 4 members (excludes halogenated alkanes) is 40. The van der Waals surface area contributed by atoms with Crippen LogP contribution in [-0.4, -0.2) is 75.6 Å². The number of nitrogens with zero attached hydrogens (tertiary/aromatic N) is 1. The Morgan fingerprint density at radius 3 is 1.13 bits per heavy atom. The van der Waals surface area contributed by atoms with Crippen LogP contribution in [0.4, 0.5) is 0 Å². The quantitative estimate of drug-likeness (QED) is 0.0213. The van der Waals surface area contributed by atoms with Crippen molar-refractivity contribution in [1.82, 2.24) is 0 Å². The van der Waals surface area contributed by atoms with Crippen LogP contribution in [0, 0.1) is 0 Å². The van der Waals surface area contributed by atoms with Gasteiger partial charge in [-0.05, 0) is 38.5 Å². The lowest BCUT2D eigenvalue weighted by molar-refractivity contribution is -0.870. The van der Waals surface area contributed by atoms with E-state index in [0.717, 1.165) is 32.1 Å². The number of rotatable bonds is 56. The average molecular weight is 972 g/mol. The summed E-state index contributed by atoms with van der Waals surface area (Å²) in [7, 11) is 1.69. The molecule has 0 saturated heterocycles. The van der Waals surface area contributed by atoms with Gasteiger partial charge < -0.3 is 18.9 Å². The summed E-state index contributed by atoms with van der Waals surface area (Å²) in [4.78, 5) is 23.1. The summed E-state index contributed by atoms with van der Waals surface area (Å²) >= 11 is 0. The fraction of sp³-hybridized carbons (Fsp3) is 0.948. The molecule has 0 radical (unpaired) electrons. The van der Waals surface area contributed by atoms with Crippen molar-refractivity contribution in [1.29, 1.82) is 0 Å². The van der Waals surface area contributed by atoms with Gasteiger partial charge in [0.15, 0.2) is 0 Å². The van der Waals surface area contributed by atoms with Crippen LogP contribution in [0.3, 0.4) is 0 Å². The van der Waals surface area contributed by atoms with Gasteiger partial charge in [0.05, 0.1) is 34.4 Å². The maximum atomic E-state index is 12.8. The van der Waals surface area contributed by atoms with Gasteiger partial charge in [0, 0.05) is 13.0 Å². The van der Waals surface area contributed by atoms with Crippen molar-refractivity contribution >= 4 is 13.8 Å². The molecular formula is C58H117NO7P+. The zero-order valence-corrected chi connectivity index (χ0v) is 46.6. The van der Waals surface area contributed by atoms with Crippen molar-refractivity contribution in [2.45, 2.75) is 302 Å². The number of carbonyl (C=O) groups is 1. The first kappa shape index (κ1) is 66.2. The highest BCUT2D eigenvalue weighted by molar-refractivity contribution is 7.47. The van der Waals surface area contributed by atoms with Crippen LogP contribution in [0.5, 0.6) is 0 Å². The van der Waals surface area contributed by atoms with Crippen LogP contribution in [0.1, 0.15) is 296 Å². The van der Waals surface area contributed by atoms with Gasteiger partial charge in [-0.2, -0.15) is 0 Å². The topological polar surface area (TPSA) is 91.3 Å². The highest BCUT2D eigenvalue weighted by atomic mass is 31.2. The van der Waals surface area contributed by atoms with E-state index in [1.165, 1.54) is 244 Å². The molecule has 0 aliphatic carbocycles. The van der Waals surface area contributed by atoms with Crippen molar-refractivity contribution in [2.75, 3.05) is 54.1 Å². The van der Waals surface area contributed by atoms with E-state index in [9.17, 15) is 14.3 Å². The summed E-state index contributed by atoms with van der Waals surface area (Å²) in [6.45, 7) is 5.70. The maximum Gasteiger partial charge on any atom is 0.472 e. The largest absolute Gasteiger partial charge is 0.472 e. The monoisotopic (exact) mass is 971 g/mol. The molecule has 0 aromatic rings. The molecule has 2 unspecified atom stereocenters. The Morgan fingerprint density at radius 2 is 0.776 bits per heavy atom.